The zero-order chi connectivity index (χ0) is 23.5. The van der Waals surface area contributed by atoms with Gasteiger partial charge in [-0.2, -0.15) is 4.98 Å². The number of rotatable bonds is 7. The summed E-state index contributed by atoms with van der Waals surface area (Å²) in [7, 11) is 0. The number of ether oxygens (including phenoxy) is 1. The maximum atomic E-state index is 13.0. The highest BCUT2D eigenvalue weighted by Crippen LogP contribution is 2.38. The predicted molar refractivity (Wildman–Crippen MR) is 127 cm³/mol. The second-order valence-corrected chi connectivity index (χ2v) is 8.68. The summed E-state index contributed by atoms with van der Waals surface area (Å²) in [6.45, 7) is 11.3. The zero-order valence-electron chi connectivity index (χ0n) is 19.8. The van der Waals surface area contributed by atoms with Crippen LogP contribution >= 0.6 is 0 Å². The van der Waals surface area contributed by atoms with Crippen LogP contribution in [0.4, 0.5) is 4.79 Å². The van der Waals surface area contributed by atoms with Crippen molar-refractivity contribution in [3.8, 4) is 17.1 Å². The number of hydrogen-bond donors (Lipinski definition) is 1. The molecule has 0 saturated heterocycles. The van der Waals surface area contributed by atoms with Gasteiger partial charge in [-0.1, -0.05) is 54.9 Å². The molecule has 1 aliphatic rings. The third-order valence-corrected chi connectivity index (χ3v) is 5.60. The average molecular weight is 447 g/mol. The lowest BCUT2D eigenvalue weighted by molar-refractivity contribution is 0.199. The number of carbonyl (C=O) groups excluding carboxylic acids is 1. The third-order valence-electron chi connectivity index (χ3n) is 5.60. The summed E-state index contributed by atoms with van der Waals surface area (Å²) in [4.78, 5) is 19.5. The summed E-state index contributed by atoms with van der Waals surface area (Å²) in [5.41, 5.74) is 4.53. The lowest BCUT2D eigenvalue weighted by atomic mass is 9.94. The molecule has 0 aliphatic carbocycles. The van der Waals surface area contributed by atoms with Crippen LogP contribution in [0.15, 0.2) is 58.8 Å². The maximum Gasteiger partial charge on any atom is 0.322 e. The molecule has 0 bridgehead atoms. The number of nitrogens with zero attached hydrogens (tertiary/aromatic N) is 3. The van der Waals surface area contributed by atoms with Crippen molar-refractivity contribution in [2.24, 2.45) is 5.92 Å². The Hall–Kier alpha value is -3.61. The van der Waals surface area contributed by atoms with Crippen molar-refractivity contribution in [3.05, 3.63) is 71.2 Å². The van der Waals surface area contributed by atoms with E-state index in [-0.39, 0.29) is 6.03 Å². The number of nitrogens with one attached hydrogen (secondary N) is 1. The van der Waals surface area contributed by atoms with Crippen molar-refractivity contribution in [3.63, 3.8) is 0 Å². The largest absolute Gasteiger partial charge is 0.494 e. The number of carbonyl (C=O) groups is 1. The highest BCUT2D eigenvalue weighted by atomic mass is 16.5. The molecule has 1 unspecified atom stereocenters. The zero-order valence-corrected chi connectivity index (χ0v) is 19.8. The van der Waals surface area contributed by atoms with Crippen molar-refractivity contribution in [2.45, 2.75) is 40.7 Å². The Morgan fingerprint density at radius 1 is 1.15 bits per heavy atom. The molecule has 0 radical (unpaired) electrons. The molecule has 7 heteroatoms. The predicted octanol–water partition coefficient (Wildman–Crippen LogP) is 5.60. The fourth-order valence-corrected chi connectivity index (χ4v) is 4.05. The van der Waals surface area contributed by atoms with E-state index in [9.17, 15) is 4.79 Å². The van der Waals surface area contributed by atoms with Crippen LogP contribution < -0.4 is 10.1 Å². The summed E-state index contributed by atoms with van der Waals surface area (Å²) in [5, 5.41) is 7.37. The van der Waals surface area contributed by atoms with E-state index < -0.39 is 6.04 Å². The number of benzene rings is 2. The van der Waals surface area contributed by atoms with E-state index in [0.717, 1.165) is 33.7 Å². The van der Waals surface area contributed by atoms with Gasteiger partial charge in [0.05, 0.1) is 18.2 Å². The van der Waals surface area contributed by atoms with E-state index >= 15 is 0 Å². The Labute approximate surface area is 194 Å². The van der Waals surface area contributed by atoms with Gasteiger partial charge in [0.1, 0.15) is 5.75 Å². The molecule has 2 amide bonds. The number of allylic oxidation sites excluding steroid dienone is 1. The SMILES string of the molecule is CCOc1ccc(C2NC(=O)N(CC(C)C)C(C)=C2c2nc(-c3cccc(C)c3)no2)cc1. The van der Waals surface area contributed by atoms with E-state index in [1.54, 1.807) is 4.90 Å². The van der Waals surface area contributed by atoms with Gasteiger partial charge in [-0.25, -0.2) is 4.79 Å². The third kappa shape index (κ3) is 4.77. The molecule has 1 aliphatic heterocycles. The second kappa shape index (κ2) is 9.48. The van der Waals surface area contributed by atoms with Crippen molar-refractivity contribution < 1.29 is 14.1 Å². The summed E-state index contributed by atoms with van der Waals surface area (Å²) in [6, 6.07) is 15.2. The minimum absolute atomic E-state index is 0.137. The van der Waals surface area contributed by atoms with Crippen LogP contribution in [0.1, 0.15) is 50.8 Å². The Bertz CT molecular complexity index is 1160. The highest BCUT2D eigenvalue weighted by Gasteiger charge is 2.36. The molecule has 0 saturated carbocycles. The maximum absolute atomic E-state index is 13.0. The first-order valence-corrected chi connectivity index (χ1v) is 11.3. The lowest BCUT2D eigenvalue weighted by Crippen LogP contribution is -2.47. The molecule has 0 spiro atoms. The van der Waals surface area contributed by atoms with Crippen LogP contribution in [0.2, 0.25) is 0 Å². The Balaban J connectivity index is 1.78. The smallest absolute Gasteiger partial charge is 0.322 e. The molecule has 172 valence electrons. The van der Waals surface area contributed by atoms with Crippen LogP contribution in [0.3, 0.4) is 0 Å². The molecule has 0 fully saturated rings. The van der Waals surface area contributed by atoms with Gasteiger partial charge in [-0.05, 0) is 50.5 Å². The second-order valence-electron chi connectivity index (χ2n) is 8.68. The van der Waals surface area contributed by atoms with Gasteiger partial charge in [0.2, 0.25) is 5.82 Å². The minimum Gasteiger partial charge on any atom is -0.494 e. The van der Waals surface area contributed by atoms with Gasteiger partial charge in [0, 0.05) is 17.8 Å². The first-order chi connectivity index (χ1) is 15.9. The highest BCUT2D eigenvalue weighted by molar-refractivity contribution is 5.86. The fraction of sp³-hybridized carbons (Fsp3) is 0.346. The van der Waals surface area contributed by atoms with E-state index in [4.69, 9.17) is 14.2 Å². The molecule has 2 aromatic carbocycles. The Morgan fingerprint density at radius 2 is 1.91 bits per heavy atom. The van der Waals surface area contributed by atoms with Gasteiger partial charge in [-0.3, -0.25) is 4.90 Å². The van der Waals surface area contributed by atoms with Gasteiger partial charge < -0.3 is 14.6 Å². The summed E-state index contributed by atoms with van der Waals surface area (Å²) in [5.74, 6) is 2.01. The Kier molecular flexibility index (Phi) is 6.49. The minimum atomic E-state index is -0.414. The molecule has 33 heavy (non-hydrogen) atoms. The number of hydrogen-bond acceptors (Lipinski definition) is 5. The topological polar surface area (TPSA) is 80.5 Å². The number of urea groups is 1. The monoisotopic (exact) mass is 446 g/mol. The molecule has 1 aromatic heterocycles. The van der Waals surface area contributed by atoms with Gasteiger partial charge in [0.25, 0.3) is 5.89 Å². The van der Waals surface area contributed by atoms with Crippen LogP contribution in [-0.2, 0) is 0 Å². The normalized spacial score (nSPS) is 16.4. The summed E-state index contributed by atoms with van der Waals surface area (Å²) >= 11 is 0. The van der Waals surface area contributed by atoms with Crippen LogP contribution in [-0.4, -0.2) is 34.2 Å². The van der Waals surface area contributed by atoms with Crippen molar-refractivity contribution in [1.29, 1.82) is 0 Å². The van der Waals surface area contributed by atoms with Crippen molar-refractivity contribution in [2.75, 3.05) is 13.2 Å². The molecule has 7 nitrogen and oxygen atoms in total. The van der Waals surface area contributed by atoms with E-state index in [1.807, 2.05) is 69.3 Å². The first kappa shape index (κ1) is 22.6. The van der Waals surface area contributed by atoms with Gasteiger partial charge >= 0.3 is 6.03 Å². The fourth-order valence-electron chi connectivity index (χ4n) is 4.05. The standard InChI is InChI=1S/C26H30N4O3/c1-6-32-21-12-10-19(11-13-21)23-22(18(5)30(15-16(2)3)26(31)27-23)25-28-24(29-33-25)20-9-7-8-17(4)14-20/h7-14,16,23H,6,15H2,1-5H3,(H,27,31). The Morgan fingerprint density at radius 3 is 2.58 bits per heavy atom. The van der Waals surface area contributed by atoms with E-state index in [0.29, 0.717) is 30.8 Å². The number of aryl methyl sites for hydroxylation is 1. The molecular formula is C26H30N4O3. The molecule has 2 heterocycles. The van der Waals surface area contributed by atoms with Crippen LogP contribution in [0, 0.1) is 12.8 Å². The molecular weight excluding hydrogens is 416 g/mol. The summed E-state index contributed by atoms with van der Waals surface area (Å²) in [6.07, 6.45) is 0. The average Bonchev–Trinajstić information content (AvgIpc) is 3.27. The quantitative estimate of drug-likeness (QED) is 0.511. The van der Waals surface area contributed by atoms with Crippen molar-refractivity contribution >= 4 is 11.6 Å². The molecule has 3 aromatic rings. The molecule has 1 N–H and O–H groups in total. The van der Waals surface area contributed by atoms with Gasteiger partial charge in [0.15, 0.2) is 0 Å². The number of amides is 2. The molecule has 4 rings (SSSR count). The van der Waals surface area contributed by atoms with Crippen molar-refractivity contribution in [1.82, 2.24) is 20.4 Å². The van der Waals surface area contributed by atoms with Crippen LogP contribution in [0.25, 0.3) is 17.0 Å². The van der Waals surface area contributed by atoms with E-state index in [1.165, 1.54) is 0 Å². The summed E-state index contributed by atoms with van der Waals surface area (Å²) < 4.78 is 11.3. The lowest BCUT2D eigenvalue weighted by Gasteiger charge is -2.36. The van der Waals surface area contributed by atoms with Crippen LogP contribution in [0.5, 0.6) is 5.75 Å². The van der Waals surface area contributed by atoms with E-state index in [2.05, 4.69) is 24.3 Å². The first-order valence-electron chi connectivity index (χ1n) is 11.3. The molecule has 1 atom stereocenters. The number of aromatic nitrogens is 2. The van der Waals surface area contributed by atoms with Gasteiger partial charge in [-0.15, -0.1) is 0 Å².